The monoisotopic (exact) mass is 224 g/mol. The Morgan fingerprint density at radius 2 is 2.50 bits per heavy atom. The van der Waals surface area contributed by atoms with E-state index in [1.165, 1.54) is 6.20 Å². The standard InChI is InChI=1S/C10H12N2O4/c13-9-8(10(14)15)6(5-11-12-9)4-7-2-1-3-16-7/h5,7H,1-4H2,(H,12,13)(H,14,15). The highest BCUT2D eigenvalue weighted by molar-refractivity contribution is 5.88. The largest absolute Gasteiger partial charge is 0.477 e. The average molecular weight is 224 g/mol. The molecule has 0 saturated carbocycles. The van der Waals surface area contributed by atoms with Crippen molar-refractivity contribution in [3.63, 3.8) is 0 Å². The van der Waals surface area contributed by atoms with Crippen LogP contribution in [0.15, 0.2) is 11.0 Å². The van der Waals surface area contributed by atoms with Gasteiger partial charge in [-0.1, -0.05) is 0 Å². The second-order valence-corrected chi connectivity index (χ2v) is 3.74. The molecular weight excluding hydrogens is 212 g/mol. The smallest absolute Gasteiger partial charge is 0.341 e. The lowest BCUT2D eigenvalue weighted by Gasteiger charge is -2.09. The lowest BCUT2D eigenvalue weighted by molar-refractivity contribution is 0.0691. The van der Waals surface area contributed by atoms with Crippen LogP contribution in [0.3, 0.4) is 0 Å². The maximum absolute atomic E-state index is 11.3. The Morgan fingerprint density at radius 1 is 1.69 bits per heavy atom. The van der Waals surface area contributed by atoms with Crippen LogP contribution in [0.5, 0.6) is 0 Å². The van der Waals surface area contributed by atoms with Gasteiger partial charge >= 0.3 is 5.97 Å². The van der Waals surface area contributed by atoms with E-state index in [2.05, 4.69) is 10.2 Å². The summed E-state index contributed by atoms with van der Waals surface area (Å²) in [7, 11) is 0. The van der Waals surface area contributed by atoms with Gasteiger partial charge in [0.25, 0.3) is 5.56 Å². The predicted octanol–water partition coefficient (Wildman–Crippen LogP) is 0.190. The summed E-state index contributed by atoms with van der Waals surface area (Å²) in [4.78, 5) is 22.2. The van der Waals surface area contributed by atoms with Gasteiger partial charge < -0.3 is 9.84 Å². The van der Waals surface area contributed by atoms with E-state index < -0.39 is 11.5 Å². The van der Waals surface area contributed by atoms with Crippen molar-refractivity contribution in [1.29, 1.82) is 0 Å². The molecule has 1 aliphatic rings. The summed E-state index contributed by atoms with van der Waals surface area (Å²) in [5.74, 6) is -1.23. The topological polar surface area (TPSA) is 92.3 Å². The zero-order valence-corrected chi connectivity index (χ0v) is 8.60. The number of nitrogens with one attached hydrogen (secondary N) is 1. The van der Waals surface area contributed by atoms with E-state index in [1.807, 2.05) is 0 Å². The van der Waals surface area contributed by atoms with Gasteiger partial charge in [-0.15, -0.1) is 0 Å². The number of carboxylic acids is 1. The lowest BCUT2D eigenvalue weighted by Crippen LogP contribution is -2.23. The number of ether oxygens (including phenoxy) is 1. The van der Waals surface area contributed by atoms with Crippen molar-refractivity contribution in [3.05, 3.63) is 27.7 Å². The van der Waals surface area contributed by atoms with Crippen molar-refractivity contribution in [2.24, 2.45) is 0 Å². The number of H-pyrrole nitrogens is 1. The van der Waals surface area contributed by atoms with Crippen molar-refractivity contribution in [2.75, 3.05) is 6.61 Å². The van der Waals surface area contributed by atoms with E-state index in [-0.39, 0.29) is 11.7 Å². The maximum Gasteiger partial charge on any atom is 0.341 e. The van der Waals surface area contributed by atoms with Crippen LogP contribution in [-0.4, -0.2) is 34.0 Å². The SMILES string of the molecule is O=C(O)c1c(CC2CCCO2)cn[nH]c1=O. The first-order valence-electron chi connectivity index (χ1n) is 5.10. The third kappa shape index (κ3) is 2.11. The van der Waals surface area contributed by atoms with Crippen molar-refractivity contribution in [1.82, 2.24) is 10.2 Å². The Bertz CT molecular complexity index is 448. The number of nitrogens with zero attached hydrogens (tertiary/aromatic N) is 1. The molecule has 6 nitrogen and oxygen atoms in total. The van der Waals surface area contributed by atoms with E-state index in [0.29, 0.717) is 18.6 Å². The van der Waals surface area contributed by atoms with Crippen LogP contribution in [0.2, 0.25) is 0 Å². The van der Waals surface area contributed by atoms with Gasteiger partial charge in [0.1, 0.15) is 5.56 Å². The van der Waals surface area contributed by atoms with Crippen LogP contribution in [-0.2, 0) is 11.2 Å². The van der Waals surface area contributed by atoms with Crippen molar-refractivity contribution >= 4 is 5.97 Å². The number of aromatic nitrogens is 2. The molecule has 0 aromatic carbocycles. The molecule has 1 unspecified atom stereocenters. The zero-order chi connectivity index (χ0) is 11.5. The molecule has 0 aliphatic carbocycles. The molecule has 1 aromatic rings. The van der Waals surface area contributed by atoms with E-state index in [9.17, 15) is 9.59 Å². The molecule has 2 rings (SSSR count). The van der Waals surface area contributed by atoms with Crippen LogP contribution in [0.1, 0.15) is 28.8 Å². The first-order valence-corrected chi connectivity index (χ1v) is 5.10. The average Bonchev–Trinajstić information content (AvgIpc) is 2.70. The number of carbonyl (C=O) groups is 1. The molecular formula is C10H12N2O4. The summed E-state index contributed by atoms with van der Waals surface area (Å²) < 4.78 is 5.40. The number of carboxylic acid groups (broad SMARTS) is 1. The number of hydrogen-bond donors (Lipinski definition) is 2. The van der Waals surface area contributed by atoms with Crippen molar-refractivity contribution < 1.29 is 14.6 Å². The molecule has 1 aliphatic heterocycles. The second kappa shape index (κ2) is 4.44. The van der Waals surface area contributed by atoms with Gasteiger partial charge in [0.05, 0.1) is 12.3 Å². The fraction of sp³-hybridized carbons (Fsp3) is 0.500. The molecule has 0 bridgehead atoms. The lowest BCUT2D eigenvalue weighted by atomic mass is 10.0. The predicted molar refractivity (Wildman–Crippen MR) is 54.5 cm³/mol. The van der Waals surface area contributed by atoms with E-state index >= 15 is 0 Å². The minimum atomic E-state index is -1.23. The minimum absolute atomic E-state index is 0.00157. The van der Waals surface area contributed by atoms with Crippen LogP contribution < -0.4 is 5.56 Å². The van der Waals surface area contributed by atoms with Gasteiger partial charge in [-0.25, -0.2) is 9.89 Å². The third-order valence-corrected chi connectivity index (χ3v) is 2.62. The zero-order valence-electron chi connectivity index (χ0n) is 8.60. The fourth-order valence-electron chi connectivity index (χ4n) is 1.87. The van der Waals surface area contributed by atoms with Gasteiger partial charge in [0.2, 0.25) is 0 Å². The summed E-state index contributed by atoms with van der Waals surface area (Å²) >= 11 is 0. The van der Waals surface area contributed by atoms with E-state index in [4.69, 9.17) is 9.84 Å². The molecule has 0 radical (unpaired) electrons. The quantitative estimate of drug-likeness (QED) is 0.764. The molecule has 2 heterocycles. The normalized spacial score (nSPS) is 19.9. The minimum Gasteiger partial charge on any atom is -0.477 e. The summed E-state index contributed by atoms with van der Waals surface area (Å²) in [6.07, 6.45) is 3.68. The Labute approximate surface area is 91.3 Å². The number of aromatic carboxylic acids is 1. The number of aromatic amines is 1. The highest BCUT2D eigenvalue weighted by atomic mass is 16.5. The maximum atomic E-state index is 11.3. The van der Waals surface area contributed by atoms with Crippen molar-refractivity contribution in [2.45, 2.75) is 25.4 Å². The summed E-state index contributed by atoms with van der Waals surface area (Å²) in [6, 6.07) is 0. The van der Waals surface area contributed by atoms with Gasteiger partial charge in [0.15, 0.2) is 0 Å². The molecule has 1 fully saturated rings. The van der Waals surface area contributed by atoms with Crippen LogP contribution >= 0.6 is 0 Å². The summed E-state index contributed by atoms with van der Waals surface area (Å²) in [5.41, 5.74) is -0.461. The van der Waals surface area contributed by atoms with Crippen LogP contribution in [0, 0.1) is 0 Å². The molecule has 1 atom stereocenters. The van der Waals surface area contributed by atoms with E-state index in [1.54, 1.807) is 0 Å². The molecule has 0 amide bonds. The molecule has 2 N–H and O–H groups in total. The molecule has 6 heteroatoms. The van der Waals surface area contributed by atoms with Gasteiger partial charge in [-0.05, 0) is 18.4 Å². The molecule has 1 aromatic heterocycles. The second-order valence-electron chi connectivity index (χ2n) is 3.74. The molecule has 16 heavy (non-hydrogen) atoms. The van der Waals surface area contributed by atoms with Gasteiger partial charge in [0, 0.05) is 13.0 Å². The Morgan fingerprint density at radius 3 is 3.12 bits per heavy atom. The Kier molecular flexibility index (Phi) is 3.00. The van der Waals surface area contributed by atoms with Gasteiger partial charge in [-0.3, -0.25) is 4.79 Å². The Balaban J connectivity index is 2.28. The summed E-state index contributed by atoms with van der Waals surface area (Å²) in [6.45, 7) is 0.698. The molecule has 0 spiro atoms. The fourth-order valence-corrected chi connectivity index (χ4v) is 1.87. The first-order chi connectivity index (χ1) is 7.68. The summed E-state index contributed by atoms with van der Waals surface area (Å²) in [5, 5.41) is 14.7. The van der Waals surface area contributed by atoms with Crippen LogP contribution in [0.4, 0.5) is 0 Å². The molecule has 86 valence electrons. The third-order valence-electron chi connectivity index (χ3n) is 2.62. The first kappa shape index (κ1) is 10.8. The number of rotatable bonds is 3. The molecule has 1 saturated heterocycles. The highest BCUT2D eigenvalue weighted by Crippen LogP contribution is 2.17. The number of hydrogen-bond acceptors (Lipinski definition) is 4. The Hall–Kier alpha value is -1.69. The van der Waals surface area contributed by atoms with E-state index in [0.717, 1.165) is 12.8 Å². The van der Waals surface area contributed by atoms with Crippen LogP contribution in [0.25, 0.3) is 0 Å². The highest BCUT2D eigenvalue weighted by Gasteiger charge is 2.21. The van der Waals surface area contributed by atoms with Crippen molar-refractivity contribution in [3.8, 4) is 0 Å². The van der Waals surface area contributed by atoms with Gasteiger partial charge in [-0.2, -0.15) is 5.10 Å².